The number of nitrogens with one attached hydrogen (secondary N) is 1. The summed E-state index contributed by atoms with van der Waals surface area (Å²) in [5.74, 6) is -1.21. The third-order valence-electron chi connectivity index (χ3n) is 2.70. The third-order valence-corrected chi connectivity index (χ3v) is 2.70. The summed E-state index contributed by atoms with van der Waals surface area (Å²) in [5, 5.41) is 28.0. The highest BCUT2D eigenvalue weighted by Crippen LogP contribution is 2.28. The Bertz CT molecular complexity index is 555. The molecule has 4 atom stereocenters. The molecule has 1 aliphatic heterocycles. The molecule has 0 bridgehead atoms. The van der Waals surface area contributed by atoms with E-state index in [1.807, 2.05) is 0 Å². The fraction of sp³-hybridized carbons (Fsp3) is 0.556. The van der Waals surface area contributed by atoms with Crippen LogP contribution in [0.5, 0.6) is 0 Å². The molecule has 0 radical (unpaired) electrons. The molecule has 0 saturated carbocycles. The van der Waals surface area contributed by atoms with Crippen molar-refractivity contribution in [3.63, 3.8) is 0 Å². The highest BCUT2D eigenvalue weighted by atomic mass is 19.1. The second-order valence-electron chi connectivity index (χ2n) is 3.86. The maximum atomic E-state index is 13.5. The molecule has 0 amide bonds. The molecule has 0 aromatic carbocycles. The lowest BCUT2D eigenvalue weighted by atomic mass is 10.1. The van der Waals surface area contributed by atoms with E-state index >= 15 is 0 Å². The van der Waals surface area contributed by atoms with E-state index in [-0.39, 0.29) is 0 Å². The zero-order valence-corrected chi connectivity index (χ0v) is 8.99. The zero-order chi connectivity index (χ0) is 13.4. The van der Waals surface area contributed by atoms with Crippen LogP contribution in [0.2, 0.25) is 0 Å². The number of aliphatic hydroxyl groups excluding tert-OH is 3. The molecule has 0 aliphatic carbocycles. The molecule has 2 rings (SSSR count). The van der Waals surface area contributed by atoms with Gasteiger partial charge in [-0.1, -0.05) is 0 Å². The molecule has 1 aromatic heterocycles. The van der Waals surface area contributed by atoms with Crippen molar-refractivity contribution in [3.8, 4) is 0 Å². The molecule has 100 valence electrons. The Morgan fingerprint density at radius 2 is 2.06 bits per heavy atom. The molecule has 1 aromatic rings. The largest absolute Gasteiger partial charge is 0.394 e. The van der Waals surface area contributed by atoms with Crippen LogP contribution in [0.25, 0.3) is 0 Å². The van der Waals surface area contributed by atoms with Crippen LogP contribution in [0, 0.1) is 5.95 Å². The molecule has 18 heavy (non-hydrogen) atoms. The zero-order valence-electron chi connectivity index (χ0n) is 8.99. The van der Waals surface area contributed by atoms with Crippen LogP contribution in [0.3, 0.4) is 0 Å². The fourth-order valence-corrected chi connectivity index (χ4v) is 1.81. The minimum Gasteiger partial charge on any atom is -0.394 e. The summed E-state index contributed by atoms with van der Waals surface area (Å²) in [6.45, 7) is -0.603. The SMILES string of the molecule is O=c1cc(F)n([C@@H]2O[C@H](CO)[C@H](O)C2O)c(=O)[nH]1. The van der Waals surface area contributed by atoms with E-state index in [0.29, 0.717) is 10.6 Å². The number of rotatable bonds is 2. The van der Waals surface area contributed by atoms with Crippen molar-refractivity contribution in [2.45, 2.75) is 24.5 Å². The van der Waals surface area contributed by atoms with Crippen molar-refractivity contribution in [2.75, 3.05) is 6.61 Å². The maximum absolute atomic E-state index is 13.5. The highest BCUT2D eigenvalue weighted by Gasteiger charge is 2.44. The number of H-pyrrole nitrogens is 1. The van der Waals surface area contributed by atoms with Crippen molar-refractivity contribution >= 4 is 0 Å². The molecular formula is C9H11FN2O6. The lowest BCUT2D eigenvalue weighted by Crippen LogP contribution is -2.39. The van der Waals surface area contributed by atoms with Crippen LogP contribution in [-0.4, -0.2) is 49.8 Å². The number of hydrogen-bond donors (Lipinski definition) is 4. The Morgan fingerprint density at radius 1 is 1.39 bits per heavy atom. The molecule has 1 aliphatic rings. The van der Waals surface area contributed by atoms with Crippen molar-refractivity contribution in [1.82, 2.24) is 9.55 Å². The summed E-state index contributed by atoms with van der Waals surface area (Å²) >= 11 is 0. The van der Waals surface area contributed by atoms with Crippen LogP contribution in [0.1, 0.15) is 6.23 Å². The van der Waals surface area contributed by atoms with Gasteiger partial charge in [-0.3, -0.25) is 9.78 Å². The minimum absolute atomic E-state index is 0.366. The van der Waals surface area contributed by atoms with E-state index in [2.05, 4.69) is 0 Å². The van der Waals surface area contributed by atoms with Crippen molar-refractivity contribution in [1.29, 1.82) is 0 Å². The van der Waals surface area contributed by atoms with Gasteiger partial charge >= 0.3 is 5.69 Å². The molecule has 0 spiro atoms. The van der Waals surface area contributed by atoms with Crippen molar-refractivity contribution in [2.24, 2.45) is 0 Å². The van der Waals surface area contributed by atoms with Gasteiger partial charge in [-0.2, -0.15) is 4.39 Å². The first kappa shape index (κ1) is 12.9. The van der Waals surface area contributed by atoms with E-state index < -0.39 is 48.3 Å². The molecule has 1 fully saturated rings. The van der Waals surface area contributed by atoms with E-state index in [1.165, 1.54) is 0 Å². The minimum atomic E-state index is -1.60. The number of halogens is 1. The Balaban J connectivity index is 2.45. The van der Waals surface area contributed by atoms with Gasteiger partial charge in [0.2, 0.25) is 5.95 Å². The van der Waals surface area contributed by atoms with Gasteiger partial charge in [-0.15, -0.1) is 0 Å². The van der Waals surface area contributed by atoms with Gasteiger partial charge in [0.1, 0.15) is 18.3 Å². The second kappa shape index (κ2) is 4.61. The topological polar surface area (TPSA) is 125 Å². The molecule has 8 nitrogen and oxygen atoms in total. The van der Waals surface area contributed by atoms with Crippen LogP contribution in [0.4, 0.5) is 4.39 Å². The third kappa shape index (κ3) is 1.97. The van der Waals surface area contributed by atoms with E-state index in [9.17, 15) is 24.2 Å². The average Bonchev–Trinajstić information content (AvgIpc) is 2.56. The quantitative estimate of drug-likeness (QED) is 0.429. The van der Waals surface area contributed by atoms with Gasteiger partial charge in [0.25, 0.3) is 5.56 Å². The van der Waals surface area contributed by atoms with Crippen LogP contribution >= 0.6 is 0 Å². The number of ether oxygens (including phenoxy) is 1. The molecular weight excluding hydrogens is 251 g/mol. The first-order valence-electron chi connectivity index (χ1n) is 5.09. The Labute approximate surface area is 98.9 Å². The van der Waals surface area contributed by atoms with E-state index in [0.717, 1.165) is 0 Å². The predicted octanol–water partition coefficient (Wildman–Crippen LogP) is -2.71. The smallest absolute Gasteiger partial charge is 0.332 e. The first-order chi connectivity index (χ1) is 8.45. The van der Waals surface area contributed by atoms with Gasteiger partial charge < -0.3 is 20.1 Å². The van der Waals surface area contributed by atoms with Gasteiger partial charge in [0.05, 0.1) is 12.7 Å². The molecule has 2 heterocycles. The summed E-state index contributed by atoms with van der Waals surface area (Å²) in [5.41, 5.74) is -2.05. The average molecular weight is 262 g/mol. The van der Waals surface area contributed by atoms with Crippen molar-refractivity contribution < 1.29 is 24.4 Å². The number of nitrogens with zero attached hydrogens (tertiary/aromatic N) is 1. The van der Waals surface area contributed by atoms with Gasteiger partial charge in [0, 0.05) is 0 Å². The van der Waals surface area contributed by atoms with Crippen LogP contribution in [0.15, 0.2) is 15.7 Å². The van der Waals surface area contributed by atoms with E-state index in [4.69, 9.17) is 9.84 Å². The standard InChI is InChI=1S/C9H11FN2O6/c10-4-1-5(14)11-9(17)12(4)8-7(16)6(15)3(2-13)18-8/h1,3,6-8,13,15-16H,2H2,(H,11,14,17)/t3-,6+,7?,8-/m1/s1. The highest BCUT2D eigenvalue weighted by molar-refractivity contribution is 4.94. The molecule has 1 saturated heterocycles. The maximum Gasteiger partial charge on any atom is 0.332 e. The van der Waals surface area contributed by atoms with Gasteiger partial charge in [0.15, 0.2) is 6.23 Å². The Hall–Kier alpha value is -1.55. The lowest BCUT2D eigenvalue weighted by molar-refractivity contribution is -0.0600. The summed E-state index contributed by atoms with van der Waals surface area (Å²) in [6.07, 6.45) is -5.71. The Morgan fingerprint density at radius 3 is 2.56 bits per heavy atom. The van der Waals surface area contributed by atoms with Crippen LogP contribution in [-0.2, 0) is 4.74 Å². The van der Waals surface area contributed by atoms with Gasteiger partial charge in [-0.25, -0.2) is 9.36 Å². The summed E-state index contributed by atoms with van der Waals surface area (Å²) in [7, 11) is 0. The summed E-state index contributed by atoms with van der Waals surface area (Å²) in [4.78, 5) is 24.1. The van der Waals surface area contributed by atoms with E-state index in [1.54, 1.807) is 4.98 Å². The Kier molecular flexibility index (Phi) is 3.30. The van der Waals surface area contributed by atoms with Crippen molar-refractivity contribution in [3.05, 3.63) is 32.9 Å². The van der Waals surface area contributed by atoms with Gasteiger partial charge in [-0.05, 0) is 0 Å². The molecule has 1 unspecified atom stereocenters. The molecule has 4 N–H and O–H groups in total. The lowest BCUT2D eigenvalue weighted by Gasteiger charge is -2.17. The fourth-order valence-electron chi connectivity index (χ4n) is 1.81. The second-order valence-corrected chi connectivity index (χ2v) is 3.86. The van der Waals surface area contributed by atoms with Crippen LogP contribution < -0.4 is 11.2 Å². The number of aromatic amines is 1. The summed E-state index contributed by atoms with van der Waals surface area (Å²) in [6, 6.07) is 0.510. The predicted molar refractivity (Wildman–Crippen MR) is 54.3 cm³/mol. The number of hydrogen-bond acceptors (Lipinski definition) is 6. The number of aliphatic hydroxyl groups is 3. The summed E-state index contributed by atoms with van der Waals surface area (Å²) < 4.78 is 18.8. The molecule has 9 heteroatoms. The normalized spacial score (nSPS) is 31.8. The first-order valence-corrected chi connectivity index (χ1v) is 5.09. The monoisotopic (exact) mass is 262 g/mol. The number of aromatic nitrogens is 2.